The van der Waals surface area contributed by atoms with Crippen LogP contribution in [0.15, 0.2) is 59.5 Å². The molecule has 0 unspecified atom stereocenters. The molecule has 6 N–H and O–H groups in total. The molecule has 6 nitrogen and oxygen atoms in total. The first-order chi connectivity index (χ1) is 13.0. The number of fused-ring (bicyclic) bond motifs is 2. The van der Waals surface area contributed by atoms with Crippen LogP contribution in [0.3, 0.4) is 0 Å². The van der Waals surface area contributed by atoms with Crippen molar-refractivity contribution in [3.63, 3.8) is 0 Å². The molecule has 0 bridgehead atoms. The second kappa shape index (κ2) is 6.46. The zero-order valence-corrected chi connectivity index (χ0v) is 14.8. The molecule has 1 aliphatic rings. The Kier molecular flexibility index (Phi) is 4.10. The summed E-state index contributed by atoms with van der Waals surface area (Å²) >= 11 is 0.427. The molecular formula is C20H15N3O3S. The predicted molar refractivity (Wildman–Crippen MR) is 107 cm³/mol. The molecule has 0 amide bonds. The number of carbonyl (C=O) groups is 2. The highest BCUT2D eigenvalue weighted by Crippen LogP contribution is 2.41. The topological polar surface area (TPSA) is 118 Å². The molecule has 27 heavy (non-hydrogen) atoms. The minimum atomic E-state index is -0.343. The maximum atomic E-state index is 13.1. The van der Waals surface area contributed by atoms with Crippen LogP contribution in [0.4, 0.5) is 22.7 Å². The smallest absolute Gasteiger partial charge is 0.196 e. The molecule has 0 aromatic heterocycles. The summed E-state index contributed by atoms with van der Waals surface area (Å²) in [5.74, 6) is -0.642. The van der Waals surface area contributed by atoms with E-state index in [-0.39, 0.29) is 28.4 Å². The Hall–Kier alpha value is -3.29. The van der Waals surface area contributed by atoms with Crippen LogP contribution in [0.1, 0.15) is 31.8 Å². The molecule has 0 aliphatic heterocycles. The Morgan fingerprint density at radius 3 is 2.15 bits per heavy atom. The van der Waals surface area contributed by atoms with Crippen molar-refractivity contribution >= 4 is 46.4 Å². The van der Waals surface area contributed by atoms with Crippen LogP contribution in [0, 0.1) is 0 Å². The minimum Gasteiger partial charge on any atom is -0.399 e. The summed E-state index contributed by atoms with van der Waals surface area (Å²) in [7, 11) is 0. The van der Waals surface area contributed by atoms with Gasteiger partial charge >= 0.3 is 0 Å². The van der Waals surface area contributed by atoms with Crippen molar-refractivity contribution in [2.24, 2.45) is 0 Å². The van der Waals surface area contributed by atoms with Gasteiger partial charge in [-0.25, -0.2) is 0 Å². The molecule has 1 aliphatic carbocycles. The number of hydrogen-bond acceptors (Lipinski definition) is 7. The van der Waals surface area contributed by atoms with E-state index in [1.807, 2.05) is 0 Å². The second-order valence-corrected chi connectivity index (χ2v) is 6.75. The third-order valence-corrected chi connectivity index (χ3v) is 5.00. The molecule has 0 saturated heterocycles. The number of nitrogens with one attached hydrogen (secondary N) is 1. The SMILES string of the molecule is Nc1cccc(Nc2cc(SO)c(N)c3c2C(=O)c2ccccc2C3=O)c1. The summed E-state index contributed by atoms with van der Waals surface area (Å²) < 4.78 is 9.59. The van der Waals surface area contributed by atoms with E-state index in [2.05, 4.69) is 5.32 Å². The lowest BCUT2D eigenvalue weighted by atomic mass is 9.82. The average molecular weight is 377 g/mol. The van der Waals surface area contributed by atoms with Crippen molar-refractivity contribution < 1.29 is 14.1 Å². The van der Waals surface area contributed by atoms with Gasteiger partial charge in [-0.15, -0.1) is 0 Å². The fourth-order valence-electron chi connectivity index (χ4n) is 3.24. The number of ketones is 2. The van der Waals surface area contributed by atoms with Crippen molar-refractivity contribution in [3.05, 3.63) is 76.9 Å². The Morgan fingerprint density at radius 1 is 0.852 bits per heavy atom. The van der Waals surface area contributed by atoms with Crippen LogP contribution in [0.2, 0.25) is 0 Å². The molecule has 0 saturated carbocycles. The van der Waals surface area contributed by atoms with E-state index in [1.165, 1.54) is 0 Å². The van der Waals surface area contributed by atoms with Gasteiger partial charge in [-0.05, 0) is 24.3 Å². The molecule has 0 fully saturated rings. The van der Waals surface area contributed by atoms with E-state index in [9.17, 15) is 14.1 Å². The van der Waals surface area contributed by atoms with Gasteiger partial charge < -0.3 is 21.3 Å². The summed E-state index contributed by atoms with van der Waals surface area (Å²) in [5.41, 5.74) is 14.5. The number of rotatable bonds is 3. The van der Waals surface area contributed by atoms with Crippen LogP contribution in [-0.2, 0) is 0 Å². The Bertz CT molecular complexity index is 1110. The van der Waals surface area contributed by atoms with Gasteiger partial charge in [0.2, 0.25) is 0 Å². The van der Waals surface area contributed by atoms with Gasteiger partial charge in [-0.3, -0.25) is 9.59 Å². The highest BCUT2D eigenvalue weighted by molar-refractivity contribution is 7.94. The van der Waals surface area contributed by atoms with E-state index in [0.29, 0.717) is 45.1 Å². The van der Waals surface area contributed by atoms with Gasteiger partial charge in [-0.1, -0.05) is 30.3 Å². The maximum Gasteiger partial charge on any atom is 0.196 e. The summed E-state index contributed by atoms with van der Waals surface area (Å²) in [6.45, 7) is 0. The van der Waals surface area contributed by atoms with E-state index in [0.717, 1.165) is 0 Å². The van der Waals surface area contributed by atoms with Gasteiger partial charge in [0, 0.05) is 34.5 Å². The first-order valence-corrected chi connectivity index (χ1v) is 8.87. The first kappa shape index (κ1) is 17.1. The maximum absolute atomic E-state index is 13.1. The minimum absolute atomic E-state index is 0.0866. The quantitative estimate of drug-likeness (QED) is 0.315. The molecule has 0 atom stereocenters. The molecule has 0 spiro atoms. The highest BCUT2D eigenvalue weighted by Gasteiger charge is 2.34. The first-order valence-electron chi connectivity index (χ1n) is 8.10. The third kappa shape index (κ3) is 2.73. The summed E-state index contributed by atoms with van der Waals surface area (Å²) in [6, 6.07) is 15.2. The monoisotopic (exact) mass is 377 g/mol. The van der Waals surface area contributed by atoms with E-state index in [1.54, 1.807) is 54.6 Å². The summed E-state index contributed by atoms with van der Waals surface area (Å²) in [4.78, 5) is 26.5. The number of anilines is 4. The molecule has 3 aromatic carbocycles. The molecule has 4 rings (SSSR count). The lowest BCUT2D eigenvalue weighted by Crippen LogP contribution is -2.24. The third-order valence-electron chi connectivity index (χ3n) is 4.46. The molecule has 7 heteroatoms. The summed E-state index contributed by atoms with van der Waals surface area (Å²) in [5, 5.41) is 3.12. The van der Waals surface area contributed by atoms with Gasteiger partial charge in [0.05, 0.1) is 27.4 Å². The lowest BCUT2D eigenvalue weighted by molar-refractivity contribution is 0.0980. The van der Waals surface area contributed by atoms with Crippen molar-refractivity contribution in [3.8, 4) is 0 Å². The Balaban J connectivity index is 1.96. The summed E-state index contributed by atoms with van der Waals surface area (Å²) in [6.07, 6.45) is 0. The number of carbonyl (C=O) groups excluding carboxylic acids is 2. The number of nitrogens with two attached hydrogens (primary N) is 2. The molecule has 134 valence electrons. The van der Waals surface area contributed by atoms with Gasteiger partial charge in [0.25, 0.3) is 0 Å². The van der Waals surface area contributed by atoms with Crippen LogP contribution in [0.25, 0.3) is 0 Å². The van der Waals surface area contributed by atoms with Crippen molar-refractivity contribution in [1.29, 1.82) is 0 Å². The molecule has 0 heterocycles. The highest BCUT2D eigenvalue weighted by atomic mass is 32.2. The van der Waals surface area contributed by atoms with Crippen molar-refractivity contribution in [1.82, 2.24) is 0 Å². The number of hydrogen-bond donors (Lipinski definition) is 4. The van der Waals surface area contributed by atoms with Crippen LogP contribution >= 0.6 is 12.0 Å². The normalized spacial score (nSPS) is 12.5. The molecular weight excluding hydrogens is 362 g/mol. The largest absolute Gasteiger partial charge is 0.399 e. The lowest BCUT2D eigenvalue weighted by Gasteiger charge is -2.23. The zero-order chi connectivity index (χ0) is 19.1. The molecule has 0 radical (unpaired) electrons. The van der Waals surface area contributed by atoms with Crippen molar-refractivity contribution in [2.45, 2.75) is 4.90 Å². The Morgan fingerprint density at radius 2 is 1.52 bits per heavy atom. The predicted octanol–water partition coefficient (Wildman–Crippen LogP) is 3.94. The average Bonchev–Trinajstić information content (AvgIpc) is 2.67. The second-order valence-electron chi connectivity index (χ2n) is 6.13. The van der Waals surface area contributed by atoms with Gasteiger partial charge in [0.15, 0.2) is 11.6 Å². The number of nitrogen functional groups attached to an aromatic ring is 2. The van der Waals surface area contributed by atoms with E-state index in [4.69, 9.17) is 11.5 Å². The van der Waals surface area contributed by atoms with Crippen LogP contribution < -0.4 is 16.8 Å². The fraction of sp³-hybridized carbons (Fsp3) is 0. The van der Waals surface area contributed by atoms with Crippen molar-refractivity contribution in [2.75, 3.05) is 16.8 Å². The van der Waals surface area contributed by atoms with Crippen LogP contribution in [-0.4, -0.2) is 16.1 Å². The zero-order valence-electron chi connectivity index (χ0n) is 14.0. The van der Waals surface area contributed by atoms with Gasteiger partial charge in [-0.2, -0.15) is 0 Å². The fourth-order valence-corrected chi connectivity index (χ4v) is 3.61. The number of benzene rings is 3. The van der Waals surface area contributed by atoms with Crippen LogP contribution in [0.5, 0.6) is 0 Å². The Labute approximate surface area is 159 Å². The van der Waals surface area contributed by atoms with E-state index < -0.39 is 0 Å². The van der Waals surface area contributed by atoms with E-state index >= 15 is 0 Å². The standard InChI is InChI=1S/C20H15N3O3S/c21-10-4-3-5-11(8-10)23-14-9-15(27-26)18(22)17-16(14)19(24)12-6-1-2-7-13(12)20(17)25/h1-9,23,26H,21-22H2. The molecule has 3 aromatic rings. The van der Waals surface area contributed by atoms with Gasteiger partial charge in [0.1, 0.15) is 0 Å².